The molecule has 0 aromatic rings. The van der Waals surface area contributed by atoms with Gasteiger partial charge in [-0.05, 0) is 25.7 Å². The molecule has 0 aliphatic carbocycles. The summed E-state index contributed by atoms with van der Waals surface area (Å²) in [5.41, 5.74) is -0.147. The van der Waals surface area contributed by atoms with Crippen LogP contribution in [0.4, 0.5) is 0 Å². The van der Waals surface area contributed by atoms with Gasteiger partial charge in [0.25, 0.3) is 0 Å². The van der Waals surface area contributed by atoms with Crippen molar-refractivity contribution in [2.75, 3.05) is 13.1 Å². The molecule has 1 unspecified atom stereocenters. The van der Waals surface area contributed by atoms with Crippen molar-refractivity contribution < 1.29 is 4.79 Å². The Balaban J connectivity index is 2.80. The van der Waals surface area contributed by atoms with Crippen molar-refractivity contribution in [1.29, 1.82) is 0 Å². The van der Waals surface area contributed by atoms with Crippen LogP contribution in [0.1, 0.15) is 40.5 Å². The average Bonchev–Trinajstić information content (AvgIpc) is 2.11. The highest BCUT2D eigenvalue weighted by molar-refractivity contribution is 5.82. The lowest BCUT2D eigenvalue weighted by molar-refractivity contribution is -0.139. The van der Waals surface area contributed by atoms with Gasteiger partial charge in [0.05, 0.1) is 0 Å². The SMILES string of the molecule is CCN1CCC(C)CC(C)(C)C1=O. The molecule has 1 amide bonds. The standard InChI is InChI=1S/C11H21NO/c1-5-12-7-6-9(2)8-11(3,4)10(12)13/h9H,5-8H2,1-4H3. The summed E-state index contributed by atoms with van der Waals surface area (Å²) in [6.45, 7) is 10.2. The quantitative estimate of drug-likeness (QED) is 0.611. The van der Waals surface area contributed by atoms with Gasteiger partial charge in [-0.3, -0.25) is 4.79 Å². The molecular weight excluding hydrogens is 162 g/mol. The molecule has 0 bridgehead atoms. The third kappa shape index (κ3) is 2.23. The Kier molecular flexibility index (Phi) is 2.99. The second-order valence-corrected chi connectivity index (χ2v) is 4.87. The highest BCUT2D eigenvalue weighted by atomic mass is 16.2. The summed E-state index contributed by atoms with van der Waals surface area (Å²) in [7, 11) is 0. The minimum Gasteiger partial charge on any atom is -0.343 e. The Morgan fingerprint density at radius 1 is 1.54 bits per heavy atom. The van der Waals surface area contributed by atoms with E-state index >= 15 is 0 Å². The van der Waals surface area contributed by atoms with Crippen LogP contribution in [0, 0.1) is 11.3 Å². The van der Waals surface area contributed by atoms with Crippen LogP contribution in [0.15, 0.2) is 0 Å². The molecule has 1 saturated heterocycles. The van der Waals surface area contributed by atoms with Crippen molar-refractivity contribution in [3.05, 3.63) is 0 Å². The molecule has 1 aliphatic rings. The summed E-state index contributed by atoms with van der Waals surface area (Å²) in [5.74, 6) is 1.01. The van der Waals surface area contributed by atoms with Crippen molar-refractivity contribution >= 4 is 5.91 Å². The number of rotatable bonds is 1. The molecule has 0 N–H and O–H groups in total. The van der Waals surface area contributed by atoms with Gasteiger partial charge >= 0.3 is 0 Å². The predicted octanol–water partition coefficient (Wildman–Crippen LogP) is 2.29. The van der Waals surface area contributed by atoms with E-state index in [0.29, 0.717) is 11.8 Å². The van der Waals surface area contributed by atoms with Crippen LogP contribution in [0.25, 0.3) is 0 Å². The zero-order valence-electron chi connectivity index (χ0n) is 9.26. The summed E-state index contributed by atoms with van der Waals surface area (Å²) in [5, 5.41) is 0. The second kappa shape index (κ2) is 3.69. The van der Waals surface area contributed by atoms with E-state index in [0.717, 1.165) is 25.9 Å². The van der Waals surface area contributed by atoms with Crippen LogP contribution in [0.2, 0.25) is 0 Å². The van der Waals surface area contributed by atoms with Crippen molar-refractivity contribution in [2.24, 2.45) is 11.3 Å². The zero-order valence-corrected chi connectivity index (χ0v) is 9.26. The number of likely N-dealkylation sites (tertiary alicyclic amines) is 1. The first-order valence-corrected chi connectivity index (χ1v) is 5.26. The van der Waals surface area contributed by atoms with Crippen molar-refractivity contribution in [2.45, 2.75) is 40.5 Å². The molecule has 1 atom stereocenters. The van der Waals surface area contributed by atoms with Crippen LogP contribution in [-0.4, -0.2) is 23.9 Å². The van der Waals surface area contributed by atoms with Crippen LogP contribution < -0.4 is 0 Å². The largest absolute Gasteiger partial charge is 0.343 e. The Bertz CT molecular complexity index is 198. The molecule has 0 saturated carbocycles. The Hall–Kier alpha value is -0.530. The van der Waals surface area contributed by atoms with Gasteiger partial charge in [0.1, 0.15) is 0 Å². The Morgan fingerprint density at radius 2 is 2.15 bits per heavy atom. The molecule has 0 spiro atoms. The highest BCUT2D eigenvalue weighted by Gasteiger charge is 2.35. The zero-order chi connectivity index (χ0) is 10.1. The van der Waals surface area contributed by atoms with Crippen LogP contribution in [0.3, 0.4) is 0 Å². The molecule has 13 heavy (non-hydrogen) atoms. The fourth-order valence-electron chi connectivity index (χ4n) is 2.27. The van der Waals surface area contributed by atoms with Gasteiger partial charge < -0.3 is 4.90 Å². The molecule has 1 fully saturated rings. The van der Waals surface area contributed by atoms with Gasteiger partial charge in [0.2, 0.25) is 5.91 Å². The number of hydrogen-bond donors (Lipinski definition) is 0. The first-order chi connectivity index (χ1) is 5.97. The van der Waals surface area contributed by atoms with E-state index in [2.05, 4.69) is 27.7 Å². The summed E-state index contributed by atoms with van der Waals surface area (Å²) in [4.78, 5) is 14.0. The van der Waals surface area contributed by atoms with Crippen molar-refractivity contribution in [1.82, 2.24) is 4.90 Å². The van der Waals surface area contributed by atoms with Crippen LogP contribution >= 0.6 is 0 Å². The first-order valence-electron chi connectivity index (χ1n) is 5.26. The Morgan fingerprint density at radius 3 is 2.69 bits per heavy atom. The number of hydrogen-bond acceptors (Lipinski definition) is 1. The number of amides is 1. The van der Waals surface area contributed by atoms with E-state index in [4.69, 9.17) is 0 Å². The maximum atomic E-state index is 12.0. The minimum atomic E-state index is -0.147. The normalized spacial score (nSPS) is 28.8. The van der Waals surface area contributed by atoms with E-state index in [-0.39, 0.29) is 5.41 Å². The van der Waals surface area contributed by atoms with E-state index in [1.807, 2.05) is 4.90 Å². The van der Waals surface area contributed by atoms with Gasteiger partial charge in [0, 0.05) is 18.5 Å². The monoisotopic (exact) mass is 183 g/mol. The number of carbonyl (C=O) groups is 1. The van der Waals surface area contributed by atoms with Gasteiger partial charge in [0.15, 0.2) is 0 Å². The maximum Gasteiger partial charge on any atom is 0.228 e. The first kappa shape index (κ1) is 10.6. The minimum absolute atomic E-state index is 0.147. The summed E-state index contributed by atoms with van der Waals surface area (Å²) < 4.78 is 0. The molecule has 1 aliphatic heterocycles. The fraction of sp³-hybridized carbons (Fsp3) is 0.909. The summed E-state index contributed by atoms with van der Waals surface area (Å²) in [6.07, 6.45) is 2.19. The second-order valence-electron chi connectivity index (χ2n) is 4.87. The lowest BCUT2D eigenvalue weighted by Crippen LogP contribution is -2.39. The molecule has 2 heteroatoms. The van der Waals surface area contributed by atoms with Crippen molar-refractivity contribution in [3.63, 3.8) is 0 Å². The topological polar surface area (TPSA) is 20.3 Å². The average molecular weight is 183 g/mol. The fourth-order valence-corrected chi connectivity index (χ4v) is 2.27. The third-order valence-corrected chi connectivity index (χ3v) is 3.00. The lowest BCUT2D eigenvalue weighted by atomic mass is 9.83. The number of nitrogens with zero attached hydrogens (tertiary/aromatic N) is 1. The van der Waals surface area contributed by atoms with Gasteiger partial charge in [-0.25, -0.2) is 0 Å². The van der Waals surface area contributed by atoms with E-state index in [1.54, 1.807) is 0 Å². The molecule has 1 heterocycles. The summed E-state index contributed by atoms with van der Waals surface area (Å²) in [6, 6.07) is 0. The molecule has 2 nitrogen and oxygen atoms in total. The molecule has 1 rings (SSSR count). The van der Waals surface area contributed by atoms with Gasteiger partial charge in [-0.1, -0.05) is 20.8 Å². The van der Waals surface area contributed by atoms with Crippen molar-refractivity contribution in [3.8, 4) is 0 Å². The lowest BCUT2D eigenvalue weighted by Gasteiger charge is -2.28. The maximum absolute atomic E-state index is 12.0. The Labute approximate surface area is 81.3 Å². The van der Waals surface area contributed by atoms with E-state index in [9.17, 15) is 4.79 Å². The summed E-state index contributed by atoms with van der Waals surface area (Å²) >= 11 is 0. The molecule has 0 aromatic heterocycles. The molecule has 76 valence electrons. The van der Waals surface area contributed by atoms with E-state index < -0.39 is 0 Å². The smallest absolute Gasteiger partial charge is 0.228 e. The van der Waals surface area contributed by atoms with Gasteiger partial charge in [-0.2, -0.15) is 0 Å². The molecule has 0 radical (unpaired) electrons. The highest BCUT2D eigenvalue weighted by Crippen LogP contribution is 2.32. The number of carbonyl (C=O) groups excluding carboxylic acids is 1. The third-order valence-electron chi connectivity index (χ3n) is 3.00. The molecule has 0 aromatic carbocycles. The van der Waals surface area contributed by atoms with E-state index in [1.165, 1.54) is 0 Å². The predicted molar refractivity (Wildman–Crippen MR) is 54.4 cm³/mol. The van der Waals surface area contributed by atoms with Crippen LogP contribution in [0.5, 0.6) is 0 Å². The molecular formula is C11H21NO. The van der Waals surface area contributed by atoms with Gasteiger partial charge in [-0.15, -0.1) is 0 Å². The van der Waals surface area contributed by atoms with Crippen LogP contribution in [-0.2, 0) is 4.79 Å².